The van der Waals surface area contributed by atoms with Crippen LogP contribution in [0.1, 0.15) is 12.0 Å². The van der Waals surface area contributed by atoms with Gasteiger partial charge in [-0.2, -0.15) is 0 Å². The van der Waals surface area contributed by atoms with Gasteiger partial charge in [0.05, 0.1) is 12.2 Å². The molecule has 1 aliphatic rings. The van der Waals surface area contributed by atoms with Crippen LogP contribution >= 0.6 is 0 Å². The van der Waals surface area contributed by atoms with Crippen LogP contribution in [0.2, 0.25) is 0 Å². The molecule has 0 radical (unpaired) electrons. The average molecular weight is 302 g/mol. The van der Waals surface area contributed by atoms with E-state index in [2.05, 4.69) is 5.32 Å². The summed E-state index contributed by atoms with van der Waals surface area (Å²) in [5.41, 5.74) is 1.66. The van der Waals surface area contributed by atoms with Crippen molar-refractivity contribution in [2.75, 3.05) is 23.3 Å². The van der Waals surface area contributed by atoms with Crippen molar-refractivity contribution in [3.05, 3.63) is 59.7 Å². The highest BCUT2D eigenvalue weighted by atomic mass is 19.1. The van der Waals surface area contributed by atoms with Gasteiger partial charge in [0, 0.05) is 18.3 Å². The molecule has 1 heterocycles. The maximum absolute atomic E-state index is 14.0. The number of carbonyl (C=O) groups is 1. The number of nitrogens with zero attached hydrogens (tertiary/aromatic N) is 1. The van der Waals surface area contributed by atoms with E-state index in [-0.39, 0.29) is 12.5 Å². The minimum Gasteiger partial charge on any atom is -0.360 e. The first-order valence-corrected chi connectivity index (χ1v) is 7.21. The van der Waals surface area contributed by atoms with E-state index in [0.29, 0.717) is 29.9 Å². The summed E-state index contributed by atoms with van der Waals surface area (Å²) in [7, 11) is 0. The highest BCUT2D eigenvalue weighted by Gasteiger charge is 2.23. The first kappa shape index (κ1) is 14.5. The second-order valence-corrected chi connectivity index (χ2v) is 5.33. The number of benzene rings is 2. The van der Waals surface area contributed by atoms with Crippen LogP contribution in [0, 0.1) is 11.6 Å². The van der Waals surface area contributed by atoms with Crippen LogP contribution in [-0.2, 0) is 11.2 Å². The Morgan fingerprint density at radius 3 is 2.73 bits per heavy atom. The number of carbonyl (C=O) groups excluding carboxylic acids is 1. The molecule has 0 fully saturated rings. The van der Waals surface area contributed by atoms with Crippen molar-refractivity contribution in [3.8, 4) is 0 Å². The lowest BCUT2D eigenvalue weighted by Gasteiger charge is -2.31. The van der Waals surface area contributed by atoms with Gasteiger partial charge in [-0.15, -0.1) is 0 Å². The molecule has 1 aliphatic heterocycles. The van der Waals surface area contributed by atoms with Gasteiger partial charge < -0.3 is 10.2 Å². The molecular formula is C17H16F2N2O. The van der Waals surface area contributed by atoms with Gasteiger partial charge in [0.1, 0.15) is 11.6 Å². The molecule has 1 N–H and O–H groups in total. The molecule has 3 rings (SSSR count). The summed E-state index contributed by atoms with van der Waals surface area (Å²) < 4.78 is 27.3. The number of hydrogen-bond acceptors (Lipinski definition) is 2. The Morgan fingerprint density at radius 1 is 1.18 bits per heavy atom. The molecule has 1 amide bonds. The zero-order valence-electron chi connectivity index (χ0n) is 12.0. The molecule has 22 heavy (non-hydrogen) atoms. The second-order valence-electron chi connectivity index (χ2n) is 5.33. The summed E-state index contributed by atoms with van der Waals surface area (Å²) in [6.07, 6.45) is 1.40. The second kappa shape index (κ2) is 6.13. The van der Waals surface area contributed by atoms with Gasteiger partial charge in [-0.25, -0.2) is 8.78 Å². The SMILES string of the molecule is O=C(CN1CCCc2cc(F)cc(F)c21)Nc1ccccc1. The summed E-state index contributed by atoms with van der Waals surface area (Å²) in [5, 5.41) is 2.77. The van der Waals surface area contributed by atoms with Crippen LogP contribution in [0.3, 0.4) is 0 Å². The number of nitrogens with one attached hydrogen (secondary N) is 1. The normalized spacial score (nSPS) is 13.6. The Labute approximate surface area is 127 Å². The Kier molecular flexibility index (Phi) is 4.04. The van der Waals surface area contributed by atoms with Gasteiger partial charge in [0.2, 0.25) is 5.91 Å². The molecule has 0 aromatic heterocycles. The van der Waals surface area contributed by atoms with E-state index >= 15 is 0 Å². The van der Waals surface area contributed by atoms with Crippen molar-refractivity contribution in [2.24, 2.45) is 0 Å². The van der Waals surface area contributed by atoms with E-state index in [1.54, 1.807) is 17.0 Å². The molecule has 0 unspecified atom stereocenters. The zero-order chi connectivity index (χ0) is 15.5. The number of anilines is 2. The lowest BCUT2D eigenvalue weighted by molar-refractivity contribution is -0.115. The molecule has 0 atom stereocenters. The maximum Gasteiger partial charge on any atom is 0.243 e. The van der Waals surface area contributed by atoms with Crippen molar-refractivity contribution in [2.45, 2.75) is 12.8 Å². The molecule has 5 heteroatoms. The monoisotopic (exact) mass is 302 g/mol. The number of aryl methyl sites for hydroxylation is 1. The predicted molar refractivity (Wildman–Crippen MR) is 82.0 cm³/mol. The van der Waals surface area contributed by atoms with Crippen molar-refractivity contribution in [1.29, 1.82) is 0 Å². The fourth-order valence-electron chi connectivity index (χ4n) is 2.79. The third kappa shape index (κ3) is 3.08. The Hall–Kier alpha value is -2.43. The first-order valence-electron chi connectivity index (χ1n) is 7.21. The maximum atomic E-state index is 14.0. The van der Waals surface area contributed by atoms with Gasteiger partial charge in [0.25, 0.3) is 0 Å². The zero-order valence-corrected chi connectivity index (χ0v) is 12.0. The Morgan fingerprint density at radius 2 is 1.95 bits per heavy atom. The molecule has 0 saturated carbocycles. The molecule has 2 aromatic carbocycles. The van der Waals surface area contributed by atoms with E-state index in [1.807, 2.05) is 18.2 Å². The van der Waals surface area contributed by atoms with Gasteiger partial charge in [0.15, 0.2) is 0 Å². The highest BCUT2D eigenvalue weighted by molar-refractivity contribution is 5.94. The summed E-state index contributed by atoms with van der Waals surface area (Å²) in [6, 6.07) is 11.3. The van der Waals surface area contributed by atoms with E-state index < -0.39 is 11.6 Å². The van der Waals surface area contributed by atoms with E-state index in [4.69, 9.17) is 0 Å². The van der Waals surface area contributed by atoms with Crippen LogP contribution in [0.5, 0.6) is 0 Å². The number of amides is 1. The number of fused-ring (bicyclic) bond motifs is 1. The minimum atomic E-state index is -0.609. The smallest absolute Gasteiger partial charge is 0.243 e. The Bertz CT molecular complexity index is 689. The van der Waals surface area contributed by atoms with Gasteiger partial charge in [-0.05, 0) is 36.6 Å². The summed E-state index contributed by atoms with van der Waals surface area (Å²) >= 11 is 0. The molecule has 0 bridgehead atoms. The first-order chi connectivity index (χ1) is 10.6. The topological polar surface area (TPSA) is 32.3 Å². The predicted octanol–water partition coefficient (Wildman–Crippen LogP) is 3.36. The van der Waals surface area contributed by atoms with Crippen molar-refractivity contribution in [3.63, 3.8) is 0 Å². The fraction of sp³-hybridized carbons (Fsp3) is 0.235. The highest BCUT2D eigenvalue weighted by Crippen LogP contribution is 2.30. The van der Waals surface area contributed by atoms with Crippen LogP contribution in [-0.4, -0.2) is 19.0 Å². The van der Waals surface area contributed by atoms with Gasteiger partial charge in [-0.3, -0.25) is 4.79 Å². The van der Waals surface area contributed by atoms with Crippen molar-refractivity contribution >= 4 is 17.3 Å². The fourth-order valence-corrected chi connectivity index (χ4v) is 2.79. The van der Waals surface area contributed by atoms with Crippen molar-refractivity contribution < 1.29 is 13.6 Å². The number of rotatable bonds is 3. The lowest BCUT2D eigenvalue weighted by Crippen LogP contribution is -2.37. The third-order valence-corrected chi connectivity index (χ3v) is 3.69. The van der Waals surface area contributed by atoms with Crippen LogP contribution < -0.4 is 10.2 Å². The molecule has 114 valence electrons. The number of para-hydroxylation sites is 1. The summed E-state index contributed by atoms with van der Waals surface area (Å²) in [4.78, 5) is 13.8. The third-order valence-electron chi connectivity index (χ3n) is 3.69. The van der Waals surface area contributed by atoms with Crippen LogP contribution in [0.4, 0.5) is 20.2 Å². The molecule has 3 nitrogen and oxygen atoms in total. The molecular weight excluding hydrogens is 286 g/mol. The van der Waals surface area contributed by atoms with Crippen molar-refractivity contribution in [1.82, 2.24) is 0 Å². The number of hydrogen-bond donors (Lipinski definition) is 1. The molecule has 0 aliphatic carbocycles. The Balaban J connectivity index is 1.76. The van der Waals surface area contributed by atoms with Gasteiger partial charge >= 0.3 is 0 Å². The standard InChI is InChI=1S/C17H16F2N2O/c18-13-9-12-5-4-8-21(17(12)15(19)10-13)11-16(22)20-14-6-2-1-3-7-14/h1-3,6-7,9-10H,4-5,8,11H2,(H,20,22). The van der Waals surface area contributed by atoms with Crippen LogP contribution in [0.15, 0.2) is 42.5 Å². The van der Waals surface area contributed by atoms with E-state index in [9.17, 15) is 13.6 Å². The van der Waals surface area contributed by atoms with E-state index in [1.165, 1.54) is 6.07 Å². The summed E-state index contributed by atoms with van der Waals surface area (Å²) in [5.74, 6) is -1.41. The van der Waals surface area contributed by atoms with E-state index in [0.717, 1.165) is 12.5 Å². The lowest BCUT2D eigenvalue weighted by atomic mass is 10.0. The average Bonchev–Trinajstić information content (AvgIpc) is 2.47. The molecule has 0 spiro atoms. The van der Waals surface area contributed by atoms with Gasteiger partial charge in [-0.1, -0.05) is 18.2 Å². The summed E-state index contributed by atoms with van der Waals surface area (Å²) in [6.45, 7) is 0.627. The molecule has 0 saturated heterocycles. The van der Waals surface area contributed by atoms with Crippen LogP contribution in [0.25, 0.3) is 0 Å². The largest absolute Gasteiger partial charge is 0.360 e. The quantitative estimate of drug-likeness (QED) is 0.943. The minimum absolute atomic E-state index is 0.0461. The molecule has 2 aromatic rings. The number of halogens is 2.